The van der Waals surface area contributed by atoms with E-state index < -0.39 is 0 Å². The van der Waals surface area contributed by atoms with Crippen molar-refractivity contribution in [2.75, 3.05) is 0 Å². The lowest BCUT2D eigenvalue weighted by Crippen LogP contribution is -2.48. The second-order valence-corrected chi connectivity index (χ2v) is 7.91. The van der Waals surface area contributed by atoms with E-state index >= 15 is 0 Å². The van der Waals surface area contributed by atoms with E-state index in [1.54, 1.807) is 4.68 Å². The lowest BCUT2D eigenvalue weighted by atomic mass is 9.52. The van der Waals surface area contributed by atoms with Crippen LogP contribution in [0.15, 0.2) is 30.3 Å². The number of nitrogens with zero attached hydrogens (tertiary/aromatic N) is 4. The predicted molar refractivity (Wildman–Crippen MR) is 89.5 cm³/mol. The quantitative estimate of drug-likeness (QED) is 0.802. The van der Waals surface area contributed by atoms with E-state index in [-0.39, 0.29) is 18.5 Å². The summed E-state index contributed by atoms with van der Waals surface area (Å²) in [5.41, 5.74) is 0.869. The first-order chi connectivity index (χ1) is 12.3. The SMILES string of the molecule is O=C(OCc1nnnn1-c1ccccc1)C1C2CC3CC(C2)CC1C3. The number of rotatable bonds is 4. The van der Waals surface area contributed by atoms with E-state index in [1.807, 2.05) is 30.3 Å². The number of benzene rings is 1. The molecule has 1 aromatic carbocycles. The molecule has 0 amide bonds. The Labute approximate surface area is 146 Å². The van der Waals surface area contributed by atoms with Crippen molar-refractivity contribution >= 4 is 5.97 Å². The largest absolute Gasteiger partial charge is 0.457 e. The molecule has 4 fully saturated rings. The molecule has 4 aliphatic rings. The summed E-state index contributed by atoms with van der Waals surface area (Å²) in [7, 11) is 0. The third kappa shape index (κ3) is 2.64. The van der Waals surface area contributed by atoms with Gasteiger partial charge in [0.2, 0.25) is 0 Å². The van der Waals surface area contributed by atoms with Gasteiger partial charge in [0.1, 0.15) is 0 Å². The van der Waals surface area contributed by atoms with Gasteiger partial charge in [0.25, 0.3) is 0 Å². The summed E-state index contributed by atoms with van der Waals surface area (Å²) < 4.78 is 7.30. The van der Waals surface area contributed by atoms with Gasteiger partial charge in [-0.25, -0.2) is 0 Å². The van der Waals surface area contributed by atoms with Crippen LogP contribution in [-0.4, -0.2) is 26.2 Å². The fourth-order valence-corrected chi connectivity index (χ4v) is 5.61. The lowest BCUT2D eigenvalue weighted by molar-refractivity contribution is -0.164. The first-order valence-corrected chi connectivity index (χ1v) is 9.27. The number of ether oxygens (including phenoxy) is 1. The van der Waals surface area contributed by atoms with Crippen LogP contribution in [0, 0.1) is 29.6 Å². The van der Waals surface area contributed by atoms with Crippen LogP contribution in [-0.2, 0) is 16.1 Å². The van der Waals surface area contributed by atoms with E-state index in [1.165, 1.54) is 32.1 Å². The number of para-hydroxylation sites is 1. The molecule has 4 aliphatic carbocycles. The van der Waals surface area contributed by atoms with Gasteiger partial charge < -0.3 is 4.74 Å². The summed E-state index contributed by atoms with van der Waals surface area (Å²) >= 11 is 0. The van der Waals surface area contributed by atoms with Crippen molar-refractivity contribution in [3.63, 3.8) is 0 Å². The number of carbonyl (C=O) groups excluding carboxylic acids is 1. The topological polar surface area (TPSA) is 69.9 Å². The zero-order valence-corrected chi connectivity index (χ0v) is 14.1. The third-order valence-corrected chi connectivity index (χ3v) is 6.38. The highest BCUT2D eigenvalue weighted by Crippen LogP contribution is 2.56. The number of esters is 1. The maximum absolute atomic E-state index is 12.8. The lowest BCUT2D eigenvalue weighted by Gasteiger charge is -2.53. The summed E-state index contributed by atoms with van der Waals surface area (Å²) in [5.74, 6) is 3.39. The number of hydrogen-bond donors (Lipinski definition) is 0. The van der Waals surface area contributed by atoms with Crippen LogP contribution in [0.25, 0.3) is 5.69 Å². The van der Waals surface area contributed by atoms with Gasteiger partial charge in [-0.2, -0.15) is 4.68 Å². The van der Waals surface area contributed by atoms with Crippen molar-refractivity contribution < 1.29 is 9.53 Å². The molecule has 6 rings (SSSR count). The average Bonchev–Trinajstić information content (AvgIpc) is 3.08. The molecule has 0 unspecified atom stereocenters. The van der Waals surface area contributed by atoms with E-state index in [4.69, 9.17) is 4.74 Å². The van der Waals surface area contributed by atoms with Gasteiger partial charge in [-0.15, -0.1) is 5.10 Å². The summed E-state index contributed by atoms with van der Waals surface area (Å²) in [6.45, 7) is 0.128. The molecule has 0 N–H and O–H groups in total. The second kappa shape index (κ2) is 5.93. The normalized spacial score (nSPS) is 32.7. The first-order valence-electron chi connectivity index (χ1n) is 9.27. The smallest absolute Gasteiger partial charge is 0.309 e. The molecular formula is C19H22N4O2. The number of aromatic nitrogens is 4. The standard InChI is InChI=1S/C19H22N4O2/c24-19(18-14-7-12-6-13(9-14)10-15(18)8-12)25-11-17-20-21-22-23(17)16-4-2-1-3-5-16/h1-5,12-15,18H,6-11H2. The third-order valence-electron chi connectivity index (χ3n) is 6.38. The van der Waals surface area contributed by atoms with Crippen molar-refractivity contribution in [3.8, 4) is 5.69 Å². The van der Waals surface area contributed by atoms with Gasteiger partial charge >= 0.3 is 5.97 Å². The van der Waals surface area contributed by atoms with E-state index in [9.17, 15) is 4.79 Å². The fraction of sp³-hybridized carbons (Fsp3) is 0.579. The van der Waals surface area contributed by atoms with Crippen molar-refractivity contribution in [2.45, 2.75) is 38.7 Å². The molecule has 0 saturated heterocycles. The summed E-state index contributed by atoms with van der Waals surface area (Å²) in [4.78, 5) is 12.8. The molecule has 6 heteroatoms. The van der Waals surface area contributed by atoms with Crippen LogP contribution in [0.4, 0.5) is 0 Å². The van der Waals surface area contributed by atoms with Crippen molar-refractivity contribution in [2.24, 2.45) is 29.6 Å². The first kappa shape index (κ1) is 15.0. The number of carbonyl (C=O) groups is 1. The Kier molecular flexibility index (Phi) is 3.57. The molecule has 4 saturated carbocycles. The van der Waals surface area contributed by atoms with Gasteiger partial charge in [0.15, 0.2) is 12.4 Å². The summed E-state index contributed by atoms with van der Waals surface area (Å²) in [6, 6.07) is 9.67. The Bertz CT molecular complexity index is 745. The molecule has 0 spiro atoms. The molecule has 25 heavy (non-hydrogen) atoms. The van der Waals surface area contributed by atoms with Gasteiger partial charge in [-0.3, -0.25) is 4.79 Å². The average molecular weight is 338 g/mol. The Morgan fingerprint density at radius 3 is 2.40 bits per heavy atom. The zero-order valence-electron chi connectivity index (χ0n) is 14.1. The summed E-state index contributed by atoms with van der Waals surface area (Å²) in [5, 5.41) is 11.8. The molecule has 0 aliphatic heterocycles. The van der Waals surface area contributed by atoms with Gasteiger partial charge in [0.05, 0.1) is 11.6 Å². The molecular weight excluding hydrogens is 316 g/mol. The molecule has 1 heterocycles. The Morgan fingerprint density at radius 2 is 1.72 bits per heavy atom. The Hall–Kier alpha value is -2.24. The van der Waals surface area contributed by atoms with Crippen LogP contribution in [0.5, 0.6) is 0 Å². The molecule has 0 radical (unpaired) electrons. The van der Waals surface area contributed by atoms with Crippen molar-refractivity contribution in [1.82, 2.24) is 20.2 Å². The van der Waals surface area contributed by atoms with Crippen LogP contribution in [0.1, 0.15) is 37.9 Å². The van der Waals surface area contributed by atoms with Gasteiger partial charge in [-0.05, 0) is 78.3 Å². The number of hydrogen-bond acceptors (Lipinski definition) is 5. The van der Waals surface area contributed by atoms with E-state index in [2.05, 4.69) is 15.5 Å². The monoisotopic (exact) mass is 338 g/mol. The highest BCUT2D eigenvalue weighted by molar-refractivity contribution is 5.73. The van der Waals surface area contributed by atoms with E-state index in [0.717, 1.165) is 17.5 Å². The molecule has 130 valence electrons. The van der Waals surface area contributed by atoms with E-state index in [0.29, 0.717) is 17.7 Å². The van der Waals surface area contributed by atoms with Crippen LogP contribution < -0.4 is 0 Å². The van der Waals surface area contributed by atoms with Crippen LogP contribution in [0.3, 0.4) is 0 Å². The molecule has 1 aromatic heterocycles. The van der Waals surface area contributed by atoms with Crippen molar-refractivity contribution in [1.29, 1.82) is 0 Å². The highest BCUT2D eigenvalue weighted by Gasteiger charge is 2.51. The maximum atomic E-state index is 12.8. The highest BCUT2D eigenvalue weighted by atomic mass is 16.5. The second-order valence-electron chi connectivity index (χ2n) is 7.91. The van der Waals surface area contributed by atoms with Gasteiger partial charge in [0, 0.05) is 0 Å². The van der Waals surface area contributed by atoms with Gasteiger partial charge in [-0.1, -0.05) is 18.2 Å². The predicted octanol–water partition coefficient (Wildman–Crippen LogP) is 2.78. The minimum Gasteiger partial charge on any atom is -0.457 e. The molecule has 4 bridgehead atoms. The molecule has 0 atom stereocenters. The maximum Gasteiger partial charge on any atom is 0.309 e. The fourth-order valence-electron chi connectivity index (χ4n) is 5.61. The summed E-state index contributed by atoms with van der Waals surface area (Å²) in [6.07, 6.45) is 6.26. The molecule has 2 aromatic rings. The van der Waals surface area contributed by atoms with Crippen LogP contribution >= 0.6 is 0 Å². The van der Waals surface area contributed by atoms with Crippen molar-refractivity contribution in [3.05, 3.63) is 36.2 Å². The molecule has 6 nitrogen and oxygen atoms in total. The number of tetrazole rings is 1. The minimum absolute atomic E-state index is 0.0450. The Balaban J connectivity index is 1.28. The zero-order chi connectivity index (χ0) is 16.8. The van der Waals surface area contributed by atoms with Crippen LogP contribution in [0.2, 0.25) is 0 Å². The minimum atomic E-state index is -0.0450. The Morgan fingerprint density at radius 1 is 1.04 bits per heavy atom.